The number of hydrogen-bond donors (Lipinski definition) is 3. The van der Waals surface area contributed by atoms with Crippen LogP contribution in [0, 0.1) is 0 Å². The molecular formula is C12H16N6O2S2. The van der Waals surface area contributed by atoms with Crippen LogP contribution in [0.2, 0.25) is 0 Å². The highest BCUT2D eigenvalue weighted by Gasteiger charge is 2.18. The largest absolute Gasteiger partial charge is 0.383 e. The molecule has 2 heterocycles. The second-order valence-electron chi connectivity index (χ2n) is 4.82. The van der Waals surface area contributed by atoms with E-state index in [0.29, 0.717) is 10.3 Å². The summed E-state index contributed by atoms with van der Waals surface area (Å²) in [4.78, 5) is 29.9. The topological polar surface area (TPSA) is 127 Å². The van der Waals surface area contributed by atoms with E-state index in [1.54, 1.807) is 6.92 Å². The van der Waals surface area contributed by atoms with Gasteiger partial charge in [0.05, 0.1) is 5.25 Å². The number of aromatic nitrogens is 4. The van der Waals surface area contributed by atoms with Crippen LogP contribution in [0.1, 0.15) is 31.7 Å². The summed E-state index contributed by atoms with van der Waals surface area (Å²) in [7, 11) is 0. The lowest BCUT2D eigenvalue weighted by Gasteiger charge is -2.09. The molecule has 1 atom stereocenters. The molecule has 0 fully saturated rings. The normalized spacial score (nSPS) is 12.4. The predicted molar refractivity (Wildman–Crippen MR) is 87.2 cm³/mol. The molecule has 0 spiro atoms. The van der Waals surface area contributed by atoms with Crippen LogP contribution in [-0.4, -0.2) is 31.3 Å². The van der Waals surface area contributed by atoms with Crippen molar-refractivity contribution >= 4 is 40.0 Å². The van der Waals surface area contributed by atoms with Crippen LogP contribution in [0.25, 0.3) is 0 Å². The van der Waals surface area contributed by atoms with Crippen molar-refractivity contribution in [3.8, 4) is 0 Å². The Labute approximate surface area is 135 Å². The van der Waals surface area contributed by atoms with E-state index in [-0.39, 0.29) is 23.2 Å². The number of H-pyrrole nitrogens is 1. The monoisotopic (exact) mass is 340 g/mol. The lowest BCUT2D eigenvalue weighted by molar-refractivity contribution is -0.115. The van der Waals surface area contributed by atoms with Crippen molar-refractivity contribution in [2.24, 2.45) is 0 Å². The average Bonchev–Trinajstić information content (AvgIpc) is 2.86. The van der Waals surface area contributed by atoms with Crippen LogP contribution in [0.4, 0.5) is 10.9 Å². The predicted octanol–water partition coefficient (Wildman–Crippen LogP) is 1.45. The molecule has 2 rings (SSSR count). The van der Waals surface area contributed by atoms with E-state index >= 15 is 0 Å². The molecule has 0 radical (unpaired) electrons. The SMILES string of the molecule is CC(Sc1nc(N)cc(=O)[nH]1)C(=O)Nc1nnc(C(C)C)s1. The lowest BCUT2D eigenvalue weighted by atomic mass is 10.2. The van der Waals surface area contributed by atoms with E-state index in [4.69, 9.17) is 5.73 Å². The van der Waals surface area contributed by atoms with E-state index in [2.05, 4.69) is 25.5 Å². The fourth-order valence-electron chi connectivity index (χ4n) is 1.46. The zero-order valence-electron chi connectivity index (χ0n) is 12.3. The number of nitrogens with zero attached hydrogens (tertiary/aromatic N) is 3. The Hall–Kier alpha value is -1.94. The summed E-state index contributed by atoms with van der Waals surface area (Å²) in [6, 6.07) is 1.18. The van der Waals surface area contributed by atoms with Crippen molar-refractivity contribution < 1.29 is 4.79 Å². The number of carbonyl (C=O) groups is 1. The van der Waals surface area contributed by atoms with Gasteiger partial charge >= 0.3 is 0 Å². The van der Waals surface area contributed by atoms with E-state index in [0.717, 1.165) is 16.8 Å². The second-order valence-corrected chi connectivity index (χ2v) is 7.16. The van der Waals surface area contributed by atoms with Crippen molar-refractivity contribution in [3.63, 3.8) is 0 Å². The molecule has 0 aromatic carbocycles. The summed E-state index contributed by atoms with van der Waals surface area (Å²) in [6.07, 6.45) is 0. The van der Waals surface area contributed by atoms with Gasteiger partial charge in [0.2, 0.25) is 11.0 Å². The number of carbonyl (C=O) groups excluding carboxylic acids is 1. The number of anilines is 2. The minimum atomic E-state index is -0.476. The number of rotatable bonds is 5. The lowest BCUT2D eigenvalue weighted by Crippen LogP contribution is -2.23. The first-order chi connectivity index (χ1) is 10.3. The fraction of sp³-hybridized carbons (Fsp3) is 0.417. The third-order valence-electron chi connectivity index (χ3n) is 2.56. The highest BCUT2D eigenvalue weighted by molar-refractivity contribution is 8.00. The third kappa shape index (κ3) is 4.28. The molecule has 0 saturated carbocycles. The number of nitrogen functional groups attached to an aromatic ring is 1. The molecule has 22 heavy (non-hydrogen) atoms. The molecule has 0 bridgehead atoms. The number of nitrogens with two attached hydrogens (primary N) is 1. The molecule has 0 aliphatic rings. The maximum absolute atomic E-state index is 12.1. The van der Waals surface area contributed by atoms with E-state index in [1.807, 2.05) is 13.8 Å². The number of thioether (sulfide) groups is 1. The first-order valence-corrected chi connectivity index (χ1v) is 8.22. The van der Waals surface area contributed by atoms with Crippen molar-refractivity contribution in [1.82, 2.24) is 20.2 Å². The van der Waals surface area contributed by atoms with Gasteiger partial charge in [0, 0.05) is 12.0 Å². The quantitative estimate of drug-likeness (QED) is 0.555. The Morgan fingerprint density at radius 2 is 2.14 bits per heavy atom. The highest BCUT2D eigenvalue weighted by atomic mass is 32.2. The van der Waals surface area contributed by atoms with Gasteiger partial charge in [-0.25, -0.2) is 4.98 Å². The molecule has 0 aliphatic carbocycles. The molecule has 118 valence electrons. The van der Waals surface area contributed by atoms with Crippen LogP contribution in [0.15, 0.2) is 16.0 Å². The maximum Gasteiger partial charge on any atom is 0.253 e. The van der Waals surface area contributed by atoms with E-state index in [9.17, 15) is 9.59 Å². The molecule has 2 aromatic heterocycles. The van der Waals surface area contributed by atoms with Crippen molar-refractivity contribution in [2.75, 3.05) is 11.1 Å². The van der Waals surface area contributed by atoms with Crippen LogP contribution in [0.3, 0.4) is 0 Å². The summed E-state index contributed by atoms with van der Waals surface area (Å²) < 4.78 is 0. The maximum atomic E-state index is 12.1. The molecule has 2 aromatic rings. The van der Waals surface area contributed by atoms with Gasteiger partial charge in [-0.05, 0) is 6.92 Å². The van der Waals surface area contributed by atoms with E-state index in [1.165, 1.54) is 17.4 Å². The summed E-state index contributed by atoms with van der Waals surface area (Å²) in [5.41, 5.74) is 5.15. The number of aromatic amines is 1. The smallest absolute Gasteiger partial charge is 0.253 e. The Morgan fingerprint density at radius 3 is 2.73 bits per heavy atom. The number of amides is 1. The van der Waals surface area contributed by atoms with Crippen molar-refractivity contribution in [2.45, 2.75) is 37.1 Å². The third-order valence-corrected chi connectivity index (χ3v) is 4.69. The molecule has 0 aliphatic heterocycles. The van der Waals surface area contributed by atoms with Gasteiger partial charge in [0.15, 0.2) is 5.16 Å². The summed E-state index contributed by atoms with van der Waals surface area (Å²) in [5.74, 6) is 0.127. The molecule has 8 nitrogen and oxygen atoms in total. The fourth-order valence-corrected chi connectivity index (χ4v) is 3.02. The van der Waals surface area contributed by atoms with Gasteiger partial charge in [-0.15, -0.1) is 10.2 Å². The van der Waals surface area contributed by atoms with Crippen molar-refractivity contribution in [1.29, 1.82) is 0 Å². The summed E-state index contributed by atoms with van der Waals surface area (Å²) in [5, 5.41) is 11.8. The standard InChI is InChI=1S/C12H16N6O2S2/c1-5(2)10-17-18-12(22-10)16-9(20)6(3)21-11-14-7(13)4-8(19)15-11/h4-6H,1-3H3,(H,16,18,20)(H3,13,14,15,19). The summed E-state index contributed by atoms with van der Waals surface area (Å²) in [6.45, 7) is 5.71. The zero-order valence-corrected chi connectivity index (χ0v) is 13.9. The summed E-state index contributed by atoms with van der Waals surface area (Å²) >= 11 is 2.45. The Balaban J connectivity index is 2.00. The Morgan fingerprint density at radius 1 is 1.41 bits per heavy atom. The zero-order chi connectivity index (χ0) is 16.3. The molecule has 10 heteroatoms. The average molecular weight is 340 g/mol. The number of hydrogen-bond acceptors (Lipinski definition) is 8. The first kappa shape index (κ1) is 16.4. The van der Waals surface area contributed by atoms with Gasteiger partial charge < -0.3 is 10.7 Å². The van der Waals surface area contributed by atoms with Crippen molar-refractivity contribution in [3.05, 3.63) is 21.4 Å². The van der Waals surface area contributed by atoms with Crippen LogP contribution >= 0.6 is 23.1 Å². The molecular weight excluding hydrogens is 324 g/mol. The van der Waals surface area contributed by atoms with Crippen LogP contribution < -0.4 is 16.6 Å². The van der Waals surface area contributed by atoms with E-state index < -0.39 is 5.25 Å². The number of nitrogens with one attached hydrogen (secondary N) is 2. The second kappa shape index (κ2) is 6.88. The molecule has 1 unspecified atom stereocenters. The van der Waals surface area contributed by atoms with Crippen LogP contribution in [-0.2, 0) is 4.79 Å². The Bertz CT molecular complexity index is 726. The highest BCUT2D eigenvalue weighted by Crippen LogP contribution is 2.24. The van der Waals surface area contributed by atoms with Gasteiger partial charge in [0.25, 0.3) is 5.56 Å². The van der Waals surface area contributed by atoms with Gasteiger partial charge in [-0.2, -0.15) is 0 Å². The Kier molecular flexibility index (Phi) is 5.14. The van der Waals surface area contributed by atoms with Gasteiger partial charge in [-0.1, -0.05) is 36.9 Å². The van der Waals surface area contributed by atoms with Gasteiger partial charge in [-0.3, -0.25) is 14.9 Å². The minimum absolute atomic E-state index is 0.115. The van der Waals surface area contributed by atoms with Gasteiger partial charge in [0.1, 0.15) is 10.8 Å². The molecule has 0 saturated heterocycles. The molecule has 1 amide bonds. The minimum Gasteiger partial charge on any atom is -0.383 e. The molecule has 4 N–H and O–H groups in total. The van der Waals surface area contributed by atoms with Crippen LogP contribution in [0.5, 0.6) is 0 Å². The first-order valence-electron chi connectivity index (χ1n) is 6.53.